The zero-order chi connectivity index (χ0) is 23.0. The standard InChI is InChI=1S/C21H35N5O4S/c1-15-19(16(2)26(23-15)14-18(27)22-21(3,4)5)31(29,30)25-12-8-9-17(13-25)20(28)24-10-6-7-11-24/h17H,6-14H2,1-5H3,(H,22,27). The molecule has 2 aliphatic rings. The van der Waals surface area contributed by atoms with E-state index in [1.165, 1.54) is 8.99 Å². The fraction of sp³-hybridized carbons (Fsp3) is 0.762. The number of hydrogen-bond acceptors (Lipinski definition) is 5. The Morgan fingerprint density at radius 3 is 2.35 bits per heavy atom. The molecule has 0 radical (unpaired) electrons. The predicted octanol–water partition coefficient (Wildman–Crippen LogP) is 1.44. The van der Waals surface area contributed by atoms with Gasteiger partial charge in [0.05, 0.1) is 17.3 Å². The molecule has 31 heavy (non-hydrogen) atoms. The number of hydrogen-bond donors (Lipinski definition) is 1. The normalized spacial score (nSPS) is 20.8. The van der Waals surface area contributed by atoms with Gasteiger partial charge in [0.25, 0.3) is 0 Å². The van der Waals surface area contributed by atoms with Crippen LogP contribution in [0.15, 0.2) is 4.90 Å². The van der Waals surface area contributed by atoms with Gasteiger partial charge in [-0.1, -0.05) is 0 Å². The average molecular weight is 454 g/mol. The minimum absolute atomic E-state index is 0.0461. The summed E-state index contributed by atoms with van der Waals surface area (Å²) < 4.78 is 29.9. The van der Waals surface area contributed by atoms with E-state index in [9.17, 15) is 18.0 Å². The second-order valence-electron chi connectivity index (χ2n) is 9.69. The molecule has 0 bridgehead atoms. The van der Waals surface area contributed by atoms with Crippen LogP contribution in [0.5, 0.6) is 0 Å². The fourth-order valence-corrected chi connectivity index (χ4v) is 6.39. The van der Waals surface area contributed by atoms with Gasteiger partial charge in [0.2, 0.25) is 21.8 Å². The lowest BCUT2D eigenvalue weighted by molar-refractivity contribution is -0.135. The number of piperidine rings is 1. The third-order valence-corrected chi connectivity index (χ3v) is 7.99. The molecule has 2 saturated heterocycles. The van der Waals surface area contributed by atoms with Crippen molar-refractivity contribution in [3.63, 3.8) is 0 Å². The molecule has 1 unspecified atom stereocenters. The Hall–Kier alpha value is -1.94. The van der Waals surface area contributed by atoms with Crippen molar-refractivity contribution < 1.29 is 18.0 Å². The summed E-state index contributed by atoms with van der Waals surface area (Å²) in [4.78, 5) is 27.2. The molecule has 3 heterocycles. The van der Waals surface area contributed by atoms with Crippen molar-refractivity contribution in [3.05, 3.63) is 11.4 Å². The van der Waals surface area contributed by atoms with Crippen LogP contribution in [0.4, 0.5) is 0 Å². The molecule has 1 aromatic rings. The highest BCUT2D eigenvalue weighted by atomic mass is 32.2. The van der Waals surface area contributed by atoms with Crippen molar-refractivity contribution in [2.24, 2.45) is 5.92 Å². The first-order valence-electron chi connectivity index (χ1n) is 11.0. The number of nitrogens with one attached hydrogen (secondary N) is 1. The highest BCUT2D eigenvalue weighted by molar-refractivity contribution is 7.89. The van der Waals surface area contributed by atoms with Gasteiger partial charge < -0.3 is 10.2 Å². The zero-order valence-corrected chi connectivity index (χ0v) is 20.1. The van der Waals surface area contributed by atoms with Crippen LogP contribution in [-0.2, 0) is 26.2 Å². The number of amides is 2. The molecular weight excluding hydrogens is 418 g/mol. The van der Waals surface area contributed by atoms with Crippen LogP contribution < -0.4 is 5.32 Å². The molecule has 2 aliphatic heterocycles. The Balaban J connectivity index is 1.79. The first-order valence-corrected chi connectivity index (χ1v) is 12.5. The Kier molecular flexibility index (Phi) is 6.81. The Morgan fingerprint density at radius 1 is 1.10 bits per heavy atom. The van der Waals surface area contributed by atoms with Crippen LogP contribution in [0.25, 0.3) is 0 Å². The molecule has 1 N–H and O–H groups in total. The second kappa shape index (κ2) is 8.90. The largest absolute Gasteiger partial charge is 0.350 e. The molecule has 9 nitrogen and oxygen atoms in total. The third-order valence-electron chi connectivity index (χ3n) is 5.87. The molecule has 0 aromatic carbocycles. The monoisotopic (exact) mass is 453 g/mol. The first-order chi connectivity index (χ1) is 14.4. The van der Waals surface area contributed by atoms with Gasteiger partial charge in [-0.2, -0.15) is 9.40 Å². The van der Waals surface area contributed by atoms with Gasteiger partial charge in [-0.15, -0.1) is 0 Å². The summed E-state index contributed by atoms with van der Waals surface area (Å²) >= 11 is 0. The van der Waals surface area contributed by atoms with Crippen molar-refractivity contribution in [2.75, 3.05) is 26.2 Å². The van der Waals surface area contributed by atoms with E-state index in [0.717, 1.165) is 25.9 Å². The number of aromatic nitrogens is 2. The Morgan fingerprint density at radius 2 is 1.74 bits per heavy atom. The Labute approximate surface area is 185 Å². The maximum atomic E-state index is 13.5. The van der Waals surface area contributed by atoms with Crippen molar-refractivity contribution in [1.29, 1.82) is 0 Å². The molecule has 1 aromatic heterocycles. The zero-order valence-electron chi connectivity index (χ0n) is 19.3. The van der Waals surface area contributed by atoms with Crippen LogP contribution in [-0.4, -0.2) is 70.9 Å². The Bertz CT molecular complexity index is 942. The van der Waals surface area contributed by atoms with Crippen LogP contribution in [0.1, 0.15) is 57.8 Å². The maximum absolute atomic E-state index is 13.5. The van der Waals surface area contributed by atoms with Crippen molar-refractivity contribution >= 4 is 21.8 Å². The van der Waals surface area contributed by atoms with E-state index in [2.05, 4.69) is 10.4 Å². The van der Waals surface area contributed by atoms with Gasteiger partial charge in [-0.25, -0.2) is 8.42 Å². The summed E-state index contributed by atoms with van der Waals surface area (Å²) in [5, 5.41) is 7.20. The minimum atomic E-state index is -3.82. The average Bonchev–Trinajstić information content (AvgIpc) is 3.28. The summed E-state index contributed by atoms with van der Waals surface area (Å²) in [7, 11) is -3.82. The van der Waals surface area contributed by atoms with Gasteiger partial charge >= 0.3 is 0 Å². The lowest BCUT2D eigenvalue weighted by Crippen LogP contribution is -2.46. The van der Waals surface area contributed by atoms with Crippen LogP contribution >= 0.6 is 0 Å². The molecular formula is C21H35N5O4S. The van der Waals surface area contributed by atoms with E-state index in [4.69, 9.17) is 0 Å². The minimum Gasteiger partial charge on any atom is -0.350 e. The quantitative estimate of drug-likeness (QED) is 0.726. The molecule has 0 saturated carbocycles. The van der Waals surface area contributed by atoms with E-state index in [-0.39, 0.29) is 41.3 Å². The second-order valence-corrected chi connectivity index (χ2v) is 11.6. The molecule has 10 heteroatoms. The SMILES string of the molecule is Cc1nn(CC(=O)NC(C)(C)C)c(C)c1S(=O)(=O)N1CCCC(C(=O)N2CCCC2)C1. The number of carbonyl (C=O) groups is 2. The molecule has 0 aliphatic carbocycles. The fourth-order valence-electron chi connectivity index (χ4n) is 4.49. The molecule has 2 amide bonds. The summed E-state index contributed by atoms with van der Waals surface area (Å²) in [6.45, 7) is 11.1. The topological polar surface area (TPSA) is 105 Å². The van der Waals surface area contributed by atoms with E-state index in [1.807, 2.05) is 25.7 Å². The number of aryl methyl sites for hydroxylation is 1. The lowest BCUT2D eigenvalue weighted by atomic mass is 9.98. The van der Waals surface area contributed by atoms with E-state index in [0.29, 0.717) is 30.8 Å². The van der Waals surface area contributed by atoms with Crippen molar-refractivity contribution in [3.8, 4) is 0 Å². The first kappa shape index (κ1) is 23.7. The smallest absolute Gasteiger partial charge is 0.246 e. The maximum Gasteiger partial charge on any atom is 0.246 e. The molecule has 3 rings (SSSR count). The number of likely N-dealkylation sites (tertiary alicyclic amines) is 1. The van der Waals surface area contributed by atoms with Gasteiger partial charge in [-0.05, 0) is 60.3 Å². The lowest BCUT2D eigenvalue weighted by Gasteiger charge is -2.33. The number of nitrogens with zero attached hydrogens (tertiary/aromatic N) is 4. The van der Waals surface area contributed by atoms with Crippen LogP contribution in [0, 0.1) is 19.8 Å². The van der Waals surface area contributed by atoms with Crippen LogP contribution in [0.2, 0.25) is 0 Å². The number of carbonyl (C=O) groups excluding carboxylic acids is 2. The van der Waals surface area contributed by atoms with Crippen molar-refractivity contribution in [2.45, 2.75) is 77.3 Å². The molecule has 174 valence electrons. The van der Waals surface area contributed by atoms with Crippen molar-refractivity contribution in [1.82, 2.24) is 24.3 Å². The van der Waals surface area contributed by atoms with Gasteiger partial charge in [0.15, 0.2) is 0 Å². The summed E-state index contributed by atoms with van der Waals surface area (Å²) in [6, 6.07) is 0. The third kappa shape index (κ3) is 5.28. The predicted molar refractivity (Wildman–Crippen MR) is 117 cm³/mol. The van der Waals surface area contributed by atoms with E-state index < -0.39 is 10.0 Å². The number of sulfonamides is 1. The summed E-state index contributed by atoms with van der Waals surface area (Å²) in [5.74, 6) is -0.452. The van der Waals surface area contributed by atoms with Gasteiger partial charge in [0.1, 0.15) is 11.4 Å². The van der Waals surface area contributed by atoms with Crippen LogP contribution in [0.3, 0.4) is 0 Å². The van der Waals surface area contributed by atoms with E-state index >= 15 is 0 Å². The highest BCUT2D eigenvalue weighted by Gasteiger charge is 2.38. The molecule has 2 fully saturated rings. The highest BCUT2D eigenvalue weighted by Crippen LogP contribution is 2.29. The summed E-state index contributed by atoms with van der Waals surface area (Å²) in [6.07, 6.45) is 3.40. The molecule has 0 spiro atoms. The molecule has 1 atom stereocenters. The number of rotatable bonds is 5. The van der Waals surface area contributed by atoms with Gasteiger partial charge in [0, 0.05) is 31.7 Å². The van der Waals surface area contributed by atoms with Gasteiger partial charge in [-0.3, -0.25) is 14.3 Å². The summed E-state index contributed by atoms with van der Waals surface area (Å²) in [5.41, 5.74) is 0.427. The van der Waals surface area contributed by atoms with E-state index in [1.54, 1.807) is 13.8 Å².